The largest absolute Gasteiger partial charge is 0.321 e. The molecule has 1 unspecified atom stereocenters. The number of carbonyl (C=O) groups is 1. The van der Waals surface area contributed by atoms with Crippen molar-refractivity contribution in [2.45, 2.75) is 18.9 Å². The second-order valence-corrected chi connectivity index (χ2v) is 4.53. The van der Waals surface area contributed by atoms with E-state index >= 15 is 0 Å². The lowest BCUT2D eigenvalue weighted by Crippen LogP contribution is -2.31. The van der Waals surface area contributed by atoms with Gasteiger partial charge in [0.2, 0.25) is 0 Å². The highest BCUT2D eigenvalue weighted by atomic mass is 127. The lowest BCUT2D eigenvalue weighted by Gasteiger charge is -2.06. The fourth-order valence-corrected chi connectivity index (χ4v) is 1.53. The molecule has 0 heterocycles. The smallest absolute Gasteiger partial charge is 0.154 e. The number of benzene rings is 1. The molecule has 0 aromatic heterocycles. The van der Waals surface area contributed by atoms with Crippen LogP contribution >= 0.6 is 22.6 Å². The summed E-state index contributed by atoms with van der Waals surface area (Å²) in [5.74, 6) is 2.39. The maximum Gasteiger partial charge on any atom is 0.154 e. The molecule has 0 spiro atoms. The second-order valence-electron chi connectivity index (χ2n) is 3.28. The van der Waals surface area contributed by atoms with Crippen LogP contribution in [0.2, 0.25) is 0 Å². The van der Waals surface area contributed by atoms with E-state index in [0.717, 1.165) is 9.13 Å². The topological polar surface area (TPSA) is 43.1 Å². The first kappa shape index (κ1) is 12.2. The number of Topliss-reactive ketones (excluding diaryl/α,β-unsaturated/α-hetero) is 1. The Labute approximate surface area is 103 Å². The first-order chi connectivity index (χ1) is 7.13. The number of ketones is 1. The average Bonchev–Trinajstić information content (AvgIpc) is 2.22. The van der Waals surface area contributed by atoms with Crippen molar-refractivity contribution in [1.82, 2.24) is 0 Å². The molecule has 0 fully saturated rings. The number of hydrogen-bond acceptors (Lipinski definition) is 2. The van der Waals surface area contributed by atoms with Crippen LogP contribution in [0.3, 0.4) is 0 Å². The van der Waals surface area contributed by atoms with Crippen LogP contribution in [0.5, 0.6) is 0 Å². The van der Waals surface area contributed by atoms with E-state index in [0.29, 0.717) is 12.8 Å². The number of terminal acetylenes is 1. The minimum atomic E-state index is -0.533. The van der Waals surface area contributed by atoms with Crippen molar-refractivity contribution >= 4 is 28.4 Å². The van der Waals surface area contributed by atoms with E-state index in [1.54, 1.807) is 0 Å². The third-order valence-electron chi connectivity index (χ3n) is 2.04. The molecule has 3 heteroatoms. The summed E-state index contributed by atoms with van der Waals surface area (Å²) in [7, 11) is 0. The second kappa shape index (κ2) is 5.89. The lowest BCUT2D eigenvalue weighted by molar-refractivity contribution is -0.119. The van der Waals surface area contributed by atoms with Crippen LogP contribution in [0.15, 0.2) is 24.3 Å². The van der Waals surface area contributed by atoms with Crippen LogP contribution in [0.4, 0.5) is 0 Å². The Morgan fingerprint density at radius 3 is 2.60 bits per heavy atom. The zero-order valence-corrected chi connectivity index (χ0v) is 10.4. The van der Waals surface area contributed by atoms with Gasteiger partial charge in [-0.1, -0.05) is 12.1 Å². The number of carbonyl (C=O) groups excluding carboxylic acids is 1. The van der Waals surface area contributed by atoms with Crippen molar-refractivity contribution in [1.29, 1.82) is 0 Å². The summed E-state index contributed by atoms with van der Waals surface area (Å²) in [6.45, 7) is 0. The van der Waals surface area contributed by atoms with Crippen molar-refractivity contribution in [2.75, 3.05) is 0 Å². The third kappa shape index (κ3) is 4.02. The Balaban J connectivity index is 2.59. The Hall–Kier alpha value is -0.860. The van der Waals surface area contributed by atoms with Gasteiger partial charge in [-0.05, 0) is 40.3 Å². The number of halogens is 1. The molecule has 1 atom stereocenters. The van der Waals surface area contributed by atoms with E-state index in [1.165, 1.54) is 0 Å². The molecule has 0 amide bonds. The van der Waals surface area contributed by atoms with Gasteiger partial charge in [-0.2, -0.15) is 0 Å². The number of rotatable bonds is 4. The van der Waals surface area contributed by atoms with Gasteiger partial charge in [0.1, 0.15) is 0 Å². The molecule has 0 aliphatic carbocycles. The van der Waals surface area contributed by atoms with Crippen molar-refractivity contribution in [3.05, 3.63) is 33.4 Å². The summed E-state index contributed by atoms with van der Waals surface area (Å²) >= 11 is 2.22. The van der Waals surface area contributed by atoms with Crippen molar-refractivity contribution in [3.8, 4) is 12.3 Å². The predicted octanol–water partition coefficient (Wildman–Crippen LogP) is 1.75. The van der Waals surface area contributed by atoms with Gasteiger partial charge >= 0.3 is 0 Å². The van der Waals surface area contributed by atoms with Crippen molar-refractivity contribution < 1.29 is 4.79 Å². The maximum atomic E-state index is 11.6. The molecular weight excluding hydrogens is 301 g/mol. The molecule has 0 bridgehead atoms. The zero-order valence-electron chi connectivity index (χ0n) is 8.24. The van der Waals surface area contributed by atoms with Crippen molar-refractivity contribution in [2.24, 2.45) is 5.73 Å². The van der Waals surface area contributed by atoms with Gasteiger partial charge in [0.25, 0.3) is 0 Å². The summed E-state index contributed by atoms with van der Waals surface area (Å²) in [6, 6.07) is 7.27. The highest BCUT2D eigenvalue weighted by molar-refractivity contribution is 14.1. The highest BCUT2D eigenvalue weighted by Crippen LogP contribution is 2.08. The SMILES string of the molecule is C#CCC(N)C(=O)Cc1ccc(I)cc1. The molecule has 0 saturated heterocycles. The van der Waals surface area contributed by atoms with Gasteiger partial charge in [-0.3, -0.25) is 4.79 Å². The molecule has 1 aromatic rings. The summed E-state index contributed by atoms with van der Waals surface area (Å²) in [5, 5.41) is 0. The lowest BCUT2D eigenvalue weighted by atomic mass is 10.0. The number of nitrogens with two attached hydrogens (primary N) is 1. The highest BCUT2D eigenvalue weighted by Gasteiger charge is 2.12. The molecule has 0 radical (unpaired) electrons. The normalized spacial score (nSPS) is 11.8. The van der Waals surface area contributed by atoms with Crippen LogP contribution in [0.25, 0.3) is 0 Å². The first-order valence-electron chi connectivity index (χ1n) is 4.59. The van der Waals surface area contributed by atoms with E-state index in [9.17, 15) is 4.79 Å². The summed E-state index contributed by atoms with van der Waals surface area (Å²) in [5.41, 5.74) is 6.59. The zero-order chi connectivity index (χ0) is 11.3. The molecule has 78 valence electrons. The first-order valence-corrected chi connectivity index (χ1v) is 5.67. The van der Waals surface area contributed by atoms with Gasteiger partial charge in [0.05, 0.1) is 6.04 Å². The van der Waals surface area contributed by atoms with E-state index in [1.807, 2.05) is 24.3 Å². The van der Waals surface area contributed by atoms with Gasteiger partial charge in [-0.25, -0.2) is 0 Å². The van der Waals surface area contributed by atoms with E-state index < -0.39 is 6.04 Å². The molecule has 1 aromatic carbocycles. The Kier molecular flexibility index (Phi) is 4.79. The minimum Gasteiger partial charge on any atom is -0.321 e. The molecule has 2 N–H and O–H groups in total. The predicted molar refractivity (Wildman–Crippen MR) is 69.3 cm³/mol. The summed E-state index contributed by atoms with van der Waals surface area (Å²) < 4.78 is 1.15. The molecule has 0 saturated carbocycles. The van der Waals surface area contributed by atoms with E-state index in [2.05, 4.69) is 28.5 Å². The third-order valence-corrected chi connectivity index (χ3v) is 2.76. The van der Waals surface area contributed by atoms with Crippen LogP contribution in [-0.4, -0.2) is 11.8 Å². The van der Waals surface area contributed by atoms with Gasteiger partial charge in [0.15, 0.2) is 5.78 Å². The molecule has 15 heavy (non-hydrogen) atoms. The fourth-order valence-electron chi connectivity index (χ4n) is 1.18. The number of hydrogen-bond donors (Lipinski definition) is 1. The van der Waals surface area contributed by atoms with Gasteiger partial charge in [-0.15, -0.1) is 12.3 Å². The van der Waals surface area contributed by atoms with Crippen LogP contribution < -0.4 is 5.73 Å². The molecular formula is C12H12INO. The molecule has 2 nitrogen and oxygen atoms in total. The monoisotopic (exact) mass is 313 g/mol. The van der Waals surface area contributed by atoms with Crippen LogP contribution in [-0.2, 0) is 11.2 Å². The van der Waals surface area contributed by atoms with Crippen molar-refractivity contribution in [3.63, 3.8) is 0 Å². The maximum absolute atomic E-state index is 11.6. The van der Waals surface area contributed by atoms with Gasteiger partial charge in [0, 0.05) is 16.4 Å². The van der Waals surface area contributed by atoms with Crippen LogP contribution in [0.1, 0.15) is 12.0 Å². The Morgan fingerprint density at radius 1 is 1.47 bits per heavy atom. The molecule has 0 aliphatic rings. The van der Waals surface area contributed by atoms with E-state index in [-0.39, 0.29) is 5.78 Å². The van der Waals surface area contributed by atoms with E-state index in [4.69, 9.17) is 12.2 Å². The molecule has 0 aliphatic heterocycles. The summed E-state index contributed by atoms with van der Waals surface area (Å²) in [6.07, 6.45) is 5.77. The average molecular weight is 313 g/mol. The Morgan fingerprint density at radius 2 is 2.07 bits per heavy atom. The van der Waals surface area contributed by atoms with Crippen LogP contribution in [0, 0.1) is 15.9 Å². The molecule has 1 rings (SSSR count). The minimum absolute atomic E-state index is 0.00541. The van der Waals surface area contributed by atoms with Gasteiger partial charge < -0.3 is 5.73 Å². The standard InChI is InChI=1S/C12H12INO/c1-2-3-11(14)12(15)8-9-4-6-10(13)7-5-9/h1,4-7,11H,3,8,14H2. The fraction of sp³-hybridized carbons (Fsp3) is 0.250. The quantitative estimate of drug-likeness (QED) is 0.680. The summed E-state index contributed by atoms with van der Waals surface area (Å²) in [4.78, 5) is 11.6. The Bertz CT molecular complexity index is 378.